The summed E-state index contributed by atoms with van der Waals surface area (Å²) in [6.45, 7) is 4.26. The van der Waals surface area contributed by atoms with Crippen molar-refractivity contribution in [3.63, 3.8) is 0 Å². The zero-order chi connectivity index (χ0) is 11.5. The Bertz CT molecular complexity index is 259. The van der Waals surface area contributed by atoms with Gasteiger partial charge in [0.1, 0.15) is 0 Å². The van der Waals surface area contributed by atoms with Crippen molar-refractivity contribution in [2.75, 3.05) is 6.54 Å². The summed E-state index contributed by atoms with van der Waals surface area (Å²) in [7, 11) is 0. The number of nitrogens with one attached hydrogen (secondary N) is 1. The molecule has 0 aromatic heterocycles. The Kier molecular flexibility index (Phi) is 3.72. The SMILES string of the molecule is CC(CNC(=O)C1(C)CCC1)CC(=O)O. The molecular formula is C11H19NO3. The number of amides is 1. The van der Waals surface area contributed by atoms with E-state index < -0.39 is 5.97 Å². The summed E-state index contributed by atoms with van der Waals surface area (Å²) >= 11 is 0. The molecule has 0 bridgehead atoms. The fourth-order valence-electron chi connectivity index (χ4n) is 1.78. The van der Waals surface area contributed by atoms with Crippen LogP contribution >= 0.6 is 0 Å². The number of carboxylic acid groups (broad SMARTS) is 1. The van der Waals surface area contributed by atoms with Crippen LogP contribution < -0.4 is 5.32 Å². The summed E-state index contributed by atoms with van der Waals surface area (Å²) in [6.07, 6.45) is 3.13. The van der Waals surface area contributed by atoms with Gasteiger partial charge in [-0.1, -0.05) is 20.3 Å². The lowest BCUT2D eigenvalue weighted by Gasteiger charge is -2.36. The second kappa shape index (κ2) is 4.64. The van der Waals surface area contributed by atoms with Crippen molar-refractivity contribution in [2.45, 2.75) is 39.5 Å². The molecule has 1 saturated carbocycles. The van der Waals surface area contributed by atoms with E-state index in [9.17, 15) is 9.59 Å². The Morgan fingerprint density at radius 3 is 2.47 bits per heavy atom. The van der Waals surface area contributed by atoms with Gasteiger partial charge >= 0.3 is 5.97 Å². The normalized spacial score (nSPS) is 20.1. The molecule has 86 valence electrons. The van der Waals surface area contributed by atoms with Crippen molar-refractivity contribution in [1.29, 1.82) is 0 Å². The summed E-state index contributed by atoms with van der Waals surface area (Å²) in [4.78, 5) is 22.1. The summed E-state index contributed by atoms with van der Waals surface area (Å²) in [6, 6.07) is 0. The highest BCUT2D eigenvalue weighted by molar-refractivity contribution is 5.83. The number of carbonyl (C=O) groups excluding carboxylic acids is 1. The van der Waals surface area contributed by atoms with Gasteiger partial charge in [-0.3, -0.25) is 9.59 Å². The lowest BCUT2D eigenvalue weighted by Crippen LogP contribution is -2.44. The second-order valence-corrected chi connectivity index (χ2v) is 4.83. The van der Waals surface area contributed by atoms with E-state index >= 15 is 0 Å². The van der Waals surface area contributed by atoms with E-state index in [1.165, 1.54) is 0 Å². The zero-order valence-corrected chi connectivity index (χ0v) is 9.38. The van der Waals surface area contributed by atoms with E-state index in [4.69, 9.17) is 5.11 Å². The minimum atomic E-state index is -0.813. The van der Waals surface area contributed by atoms with Crippen molar-refractivity contribution in [2.24, 2.45) is 11.3 Å². The number of aliphatic carboxylic acids is 1. The van der Waals surface area contributed by atoms with Crippen LogP contribution in [0.5, 0.6) is 0 Å². The van der Waals surface area contributed by atoms with Crippen LogP contribution in [0.3, 0.4) is 0 Å². The maximum Gasteiger partial charge on any atom is 0.303 e. The highest BCUT2D eigenvalue weighted by atomic mass is 16.4. The van der Waals surface area contributed by atoms with Crippen molar-refractivity contribution < 1.29 is 14.7 Å². The monoisotopic (exact) mass is 213 g/mol. The Balaban J connectivity index is 2.24. The molecule has 2 N–H and O–H groups in total. The molecule has 1 aliphatic carbocycles. The predicted octanol–water partition coefficient (Wildman–Crippen LogP) is 1.40. The first kappa shape index (κ1) is 12.0. The Morgan fingerprint density at radius 1 is 1.47 bits per heavy atom. The average Bonchev–Trinajstić information content (AvgIpc) is 2.09. The maximum absolute atomic E-state index is 11.7. The number of rotatable bonds is 5. The third kappa shape index (κ3) is 3.22. The quantitative estimate of drug-likeness (QED) is 0.725. The third-order valence-corrected chi connectivity index (χ3v) is 3.14. The van der Waals surface area contributed by atoms with Gasteiger partial charge in [-0.15, -0.1) is 0 Å². The molecule has 0 heterocycles. The third-order valence-electron chi connectivity index (χ3n) is 3.14. The van der Waals surface area contributed by atoms with Gasteiger partial charge < -0.3 is 10.4 Å². The molecule has 4 heteroatoms. The van der Waals surface area contributed by atoms with Gasteiger partial charge in [0.05, 0.1) is 0 Å². The smallest absolute Gasteiger partial charge is 0.303 e. The molecule has 0 aromatic rings. The van der Waals surface area contributed by atoms with Crippen LogP contribution in [-0.2, 0) is 9.59 Å². The minimum Gasteiger partial charge on any atom is -0.481 e. The van der Waals surface area contributed by atoms with Crippen LogP contribution in [0.25, 0.3) is 0 Å². The van der Waals surface area contributed by atoms with Gasteiger partial charge in [0.25, 0.3) is 0 Å². The van der Waals surface area contributed by atoms with E-state index in [-0.39, 0.29) is 23.7 Å². The van der Waals surface area contributed by atoms with Gasteiger partial charge in [-0.05, 0) is 18.8 Å². The van der Waals surface area contributed by atoms with Gasteiger partial charge in [0.15, 0.2) is 0 Å². The molecule has 0 saturated heterocycles. The molecule has 1 fully saturated rings. The summed E-state index contributed by atoms with van der Waals surface area (Å²) in [5, 5.41) is 11.4. The van der Waals surface area contributed by atoms with Crippen molar-refractivity contribution >= 4 is 11.9 Å². The van der Waals surface area contributed by atoms with E-state index in [0.29, 0.717) is 6.54 Å². The first-order valence-corrected chi connectivity index (χ1v) is 5.44. The molecule has 1 amide bonds. The van der Waals surface area contributed by atoms with E-state index in [1.807, 2.05) is 13.8 Å². The van der Waals surface area contributed by atoms with Crippen LogP contribution in [-0.4, -0.2) is 23.5 Å². The van der Waals surface area contributed by atoms with Gasteiger partial charge in [0, 0.05) is 18.4 Å². The largest absolute Gasteiger partial charge is 0.481 e. The number of hydrogen-bond acceptors (Lipinski definition) is 2. The highest BCUT2D eigenvalue weighted by Gasteiger charge is 2.38. The van der Waals surface area contributed by atoms with Crippen LogP contribution in [0.2, 0.25) is 0 Å². The molecule has 1 unspecified atom stereocenters. The van der Waals surface area contributed by atoms with E-state index in [2.05, 4.69) is 5.32 Å². The van der Waals surface area contributed by atoms with Crippen molar-refractivity contribution in [3.8, 4) is 0 Å². The fourth-order valence-corrected chi connectivity index (χ4v) is 1.78. The molecule has 0 aliphatic heterocycles. The average molecular weight is 213 g/mol. The van der Waals surface area contributed by atoms with Gasteiger partial charge in [0.2, 0.25) is 5.91 Å². The molecule has 15 heavy (non-hydrogen) atoms. The molecule has 4 nitrogen and oxygen atoms in total. The second-order valence-electron chi connectivity index (χ2n) is 4.83. The molecule has 0 aromatic carbocycles. The molecule has 0 spiro atoms. The zero-order valence-electron chi connectivity index (χ0n) is 9.38. The van der Waals surface area contributed by atoms with Crippen molar-refractivity contribution in [1.82, 2.24) is 5.32 Å². The molecule has 0 radical (unpaired) electrons. The standard InChI is InChI=1S/C11H19NO3/c1-8(6-9(13)14)7-12-10(15)11(2)4-3-5-11/h8H,3-7H2,1-2H3,(H,12,15)(H,13,14). The fraction of sp³-hybridized carbons (Fsp3) is 0.818. The van der Waals surface area contributed by atoms with Gasteiger partial charge in [-0.2, -0.15) is 0 Å². The van der Waals surface area contributed by atoms with Crippen LogP contribution in [0.1, 0.15) is 39.5 Å². The first-order chi connectivity index (χ1) is 6.94. The van der Waals surface area contributed by atoms with E-state index in [0.717, 1.165) is 19.3 Å². The Labute approximate surface area is 90.0 Å². The predicted molar refractivity (Wildman–Crippen MR) is 56.4 cm³/mol. The summed E-state index contributed by atoms with van der Waals surface area (Å²) in [5.41, 5.74) is -0.192. The highest BCUT2D eigenvalue weighted by Crippen LogP contribution is 2.40. The van der Waals surface area contributed by atoms with Gasteiger partial charge in [-0.25, -0.2) is 0 Å². The molecular weight excluding hydrogens is 194 g/mol. The lowest BCUT2D eigenvalue weighted by molar-refractivity contribution is -0.139. The first-order valence-electron chi connectivity index (χ1n) is 5.44. The minimum absolute atomic E-state index is 0.00451. The summed E-state index contributed by atoms with van der Waals surface area (Å²) < 4.78 is 0. The number of hydrogen-bond donors (Lipinski definition) is 2. The van der Waals surface area contributed by atoms with Crippen molar-refractivity contribution in [3.05, 3.63) is 0 Å². The van der Waals surface area contributed by atoms with Crippen LogP contribution in [0.4, 0.5) is 0 Å². The van der Waals surface area contributed by atoms with E-state index in [1.54, 1.807) is 0 Å². The number of carbonyl (C=O) groups is 2. The Hall–Kier alpha value is -1.06. The molecule has 1 aliphatic rings. The lowest BCUT2D eigenvalue weighted by atomic mass is 9.70. The van der Waals surface area contributed by atoms with Crippen LogP contribution in [0, 0.1) is 11.3 Å². The molecule has 1 rings (SSSR count). The Morgan fingerprint density at radius 2 is 2.07 bits per heavy atom. The summed E-state index contributed by atoms with van der Waals surface area (Å²) in [5.74, 6) is -0.743. The number of carboxylic acids is 1. The topological polar surface area (TPSA) is 66.4 Å². The van der Waals surface area contributed by atoms with Crippen LogP contribution in [0.15, 0.2) is 0 Å². The molecule has 1 atom stereocenters. The maximum atomic E-state index is 11.7.